The SMILES string of the molecule is CCC[C@H]1CC[C@H](C23CCC(C4CCC(CC)CC4)(CC2)CC3)CC1. The molecule has 0 N–H and O–H groups in total. The molecule has 144 valence electrons. The van der Waals surface area contributed by atoms with Crippen LogP contribution in [0.15, 0.2) is 0 Å². The molecule has 25 heavy (non-hydrogen) atoms. The summed E-state index contributed by atoms with van der Waals surface area (Å²) in [5.74, 6) is 4.36. The van der Waals surface area contributed by atoms with Gasteiger partial charge < -0.3 is 0 Å². The van der Waals surface area contributed by atoms with E-state index in [2.05, 4.69) is 13.8 Å². The maximum absolute atomic E-state index is 2.41. The Morgan fingerprint density at radius 2 is 0.960 bits per heavy atom. The van der Waals surface area contributed by atoms with E-state index < -0.39 is 0 Å². The fraction of sp³-hybridized carbons (Fsp3) is 1.00. The summed E-state index contributed by atoms with van der Waals surface area (Å²) in [7, 11) is 0. The van der Waals surface area contributed by atoms with Crippen LogP contribution >= 0.6 is 0 Å². The Bertz CT molecular complexity index is 395. The summed E-state index contributed by atoms with van der Waals surface area (Å²) in [6.07, 6.45) is 26.6. The molecule has 0 heterocycles. The van der Waals surface area contributed by atoms with E-state index >= 15 is 0 Å². The van der Waals surface area contributed by atoms with Crippen LogP contribution < -0.4 is 0 Å². The van der Waals surface area contributed by atoms with Gasteiger partial charge in [0.2, 0.25) is 0 Å². The topological polar surface area (TPSA) is 0 Å². The second-order valence-electron chi connectivity index (χ2n) is 10.9. The first-order valence-electron chi connectivity index (χ1n) is 12.2. The molecule has 5 rings (SSSR count). The Balaban J connectivity index is 1.33. The smallest absolute Gasteiger partial charge is 0.0269 e. The normalized spacial score (nSPS) is 47.8. The van der Waals surface area contributed by atoms with Gasteiger partial charge in [-0.05, 0) is 98.7 Å². The second-order valence-corrected chi connectivity index (χ2v) is 10.9. The van der Waals surface area contributed by atoms with Crippen molar-refractivity contribution in [2.75, 3.05) is 0 Å². The highest BCUT2D eigenvalue weighted by molar-refractivity contribution is 5.05. The number of hydrogen-bond donors (Lipinski definition) is 0. The molecule has 0 atom stereocenters. The monoisotopic (exact) mass is 344 g/mol. The van der Waals surface area contributed by atoms with Gasteiger partial charge >= 0.3 is 0 Å². The second kappa shape index (κ2) is 7.55. The van der Waals surface area contributed by atoms with Crippen LogP contribution in [-0.4, -0.2) is 0 Å². The molecule has 0 aromatic heterocycles. The Labute approximate surface area is 157 Å². The van der Waals surface area contributed by atoms with Crippen molar-refractivity contribution >= 4 is 0 Å². The van der Waals surface area contributed by atoms with E-state index in [-0.39, 0.29) is 0 Å². The van der Waals surface area contributed by atoms with Crippen molar-refractivity contribution in [1.29, 1.82) is 0 Å². The summed E-state index contributed by atoms with van der Waals surface area (Å²) in [4.78, 5) is 0. The molecule has 0 aliphatic heterocycles. The van der Waals surface area contributed by atoms with Crippen LogP contribution in [0.5, 0.6) is 0 Å². The van der Waals surface area contributed by atoms with Gasteiger partial charge in [-0.3, -0.25) is 0 Å². The number of fused-ring (bicyclic) bond motifs is 3. The van der Waals surface area contributed by atoms with Gasteiger partial charge in [0.25, 0.3) is 0 Å². The summed E-state index contributed by atoms with van der Waals surface area (Å²) >= 11 is 0. The van der Waals surface area contributed by atoms with E-state index in [0.29, 0.717) is 0 Å². The summed E-state index contributed by atoms with van der Waals surface area (Å²) in [5, 5.41) is 0. The van der Waals surface area contributed by atoms with Crippen molar-refractivity contribution in [3.05, 3.63) is 0 Å². The minimum atomic E-state index is 0.805. The first-order valence-corrected chi connectivity index (χ1v) is 12.2. The number of rotatable bonds is 5. The molecule has 0 unspecified atom stereocenters. The fourth-order valence-electron chi connectivity index (χ4n) is 8.12. The molecule has 0 saturated heterocycles. The van der Waals surface area contributed by atoms with Gasteiger partial charge in [-0.25, -0.2) is 0 Å². The minimum Gasteiger partial charge on any atom is -0.0654 e. The maximum atomic E-state index is 2.41. The van der Waals surface area contributed by atoms with Gasteiger partial charge in [-0.1, -0.05) is 58.8 Å². The van der Waals surface area contributed by atoms with E-state index in [1.54, 1.807) is 89.9 Å². The Morgan fingerprint density at radius 3 is 1.32 bits per heavy atom. The Kier molecular flexibility index (Phi) is 5.55. The van der Waals surface area contributed by atoms with Crippen LogP contribution in [-0.2, 0) is 0 Å². The average Bonchev–Trinajstić information content (AvgIpc) is 2.70. The highest BCUT2D eigenvalue weighted by Gasteiger charge is 2.54. The van der Waals surface area contributed by atoms with Crippen LogP contribution in [0, 0.1) is 34.5 Å². The molecule has 0 aromatic carbocycles. The van der Waals surface area contributed by atoms with E-state index in [9.17, 15) is 0 Å². The lowest BCUT2D eigenvalue weighted by molar-refractivity contribution is -0.0958. The Morgan fingerprint density at radius 1 is 0.560 bits per heavy atom. The average molecular weight is 345 g/mol. The largest absolute Gasteiger partial charge is 0.0654 e. The first kappa shape index (κ1) is 18.4. The summed E-state index contributed by atoms with van der Waals surface area (Å²) in [6, 6.07) is 0. The highest BCUT2D eigenvalue weighted by Crippen LogP contribution is 2.66. The van der Waals surface area contributed by atoms with Gasteiger partial charge in [0.05, 0.1) is 0 Å². The molecule has 0 amide bonds. The molecule has 5 aliphatic carbocycles. The van der Waals surface area contributed by atoms with Crippen LogP contribution in [0.2, 0.25) is 0 Å². The zero-order chi connectivity index (χ0) is 17.3. The van der Waals surface area contributed by atoms with Crippen LogP contribution in [0.25, 0.3) is 0 Å². The molecule has 5 aliphatic rings. The molecule has 2 bridgehead atoms. The molecular weight excluding hydrogens is 300 g/mol. The van der Waals surface area contributed by atoms with Crippen molar-refractivity contribution < 1.29 is 0 Å². The summed E-state index contributed by atoms with van der Waals surface area (Å²) < 4.78 is 0. The molecule has 0 aromatic rings. The molecular formula is C25H44. The predicted molar refractivity (Wildman–Crippen MR) is 109 cm³/mol. The van der Waals surface area contributed by atoms with Crippen LogP contribution in [0.4, 0.5) is 0 Å². The van der Waals surface area contributed by atoms with E-state index in [1.165, 1.54) is 19.3 Å². The maximum Gasteiger partial charge on any atom is -0.0269 e. The van der Waals surface area contributed by atoms with Gasteiger partial charge in [0, 0.05) is 0 Å². The van der Waals surface area contributed by atoms with E-state index in [4.69, 9.17) is 0 Å². The molecule has 0 nitrogen and oxygen atoms in total. The summed E-state index contributed by atoms with van der Waals surface area (Å²) in [5.41, 5.74) is 1.61. The fourth-order valence-corrected chi connectivity index (χ4v) is 8.12. The van der Waals surface area contributed by atoms with Crippen molar-refractivity contribution in [3.8, 4) is 0 Å². The van der Waals surface area contributed by atoms with Crippen molar-refractivity contribution in [3.63, 3.8) is 0 Å². The van der Waals surface area contributed by atoms with E-state index in [1.807, 2.05) is 0 Å². The third-order valence-corrected chi connectivity index (χ3v) is 10.1. The number of hydrogen-bond acceptors (Lipinski definition) is 0. The molecule has 0 spiro atoms. The zero-order valence-corrected chi connectivity index (χ0v) is 17.3. The standard InChI is InChI=1S/C25H44/c1-3-5-21-8-12-23(13-9-21)25-17-14-24(15-18-25,16-19-25)22-10-6-20(4-2)7-11-22/h20-23H,3-19H2,1-2H3/t20?,21-,22?,23-,24?,25?. The summed E-state index contributed by atoms with van der Waals surface area (Å²) in [6.45, 7) is 4.79. The molecule has 5 saturated carbocycles. The van der Waals surface area contributed by atoms with Crippen LogP contribution in [0.3, 0.4) is 0 Å². The van der Waals surface area contributed by atoms with Crippen molar-refractivity contribution in [2.24, 2.45) is 34.5 Å². The molecule has 0 radical (unpaired) electrons. The van der Waals surface area contributed by atoms with Crippen molar-refractivity contribution in [1.82, 2.24) is 0 Å². The van der Waals surface area contributed by atoms with Crippen LogP contribution in [0.1, 0.15) is 123 Å². The Hall–Kier alpha value is 0. The molecule has 5 fully saturated rings. The first-order chi connectivity index (χ1) is 12.2. The molecule has 0 heteroatoms. The zero-order valence-electron chi connectivity index (χ0n) is 17.3. The third kappa shape index (κ3) is 3.45. The minimum absolute atomic E-state index is 0.805. The third-order valence-electron chi connectivity index (χ3n) is 10.1. The van der Waals surface area contributed by atoms with Gasteiger partial charge in [-0.2, -0.15) is 0 Å². The van der Waals surface area contributed by atoms with Gasteiger partial charge in [-0.15, -0.1) is 0 Å². The predicted octanol–water partition coefficient (Wildman–Crippen LogP) is 8.15. The lowest BCUT2D eigenvalue weighted by atomic mass is 9.45. The van der Waals surface area contributed by atoms with Crippen molar-refractivity contribution in [2.45, 2.75) is 123 Å². The lowest BCUT2D eigenvalue weighted by Gasteiger charge is -2.60. The van der Waals surface area contributed by atoms with Gasteiger partial charge in [0.15, 0.2) is 0 Å². The highest BCUT2D eigenvalue weighted by atomic mass is 14.6. The van der Waals surface area contributed by atoms with Gasteiger partial charge in [0.1, 0.15) is 0 Å². The lowest BCUT2D eigenvalue weighted by Crippen LogP contribution is -2.49. The quantitative estimate of drug-likeness (QED) is 0.472. The van der Waals surface area contributed by atoms with E-state index in [0.717, 1.165) is 34.5 Å².